The average Bonchev–Trinajstić information content (AvgIpc) is 2.34. The van der Waals surface area contributed by atoms with Crippen LogP contribution in [0.4, 0.5) is 0 Å². The predicted molar refractivity (Wildman–Crippen MR) is 67.9 cm³/mol. The third-order valence-corrected chi connectivity index (χ3v) is 3.03. The molecule has 0 aliphatic carbocycles. The number of nitro groups is 1. The van der Waals surface area contributed by atoms with Crippen LogP contribution in [0.25, 0.3) is 0 Å². The number of nitrogens with zero attached hydrogens (tertiary/aromatic N) is 4. The molecule has 1 aliphatic rings. The van der Waals surface area contributed by atoms with E-state index >= 15 is 0 Å². The van der Waals surface area contributed by atoms with Gasteiger partial charge in [-0.1, -0.05) is 17.7 Å². The molecule has 1 aromatic heterocycles. The van der Waals surface area contributed by atoms with Crippen LogP contribution in [0.5, 0.6) is 0 Å². The van der Waals surface area contributed by atoms with E-state index in [0.717, 1.165) is 24.9 Å². The Labute approximate surface area is 109 Å². The maximum atomic E-state index is 10.5. The van der Waals surface area contributed by atoms with Crippen molar-refractivity contribution in [3.05, 3.63) is 39.2 Å². The number of likely N-dealkylation sites (tertiary alicyclic amines) is 1. The van der Waals surface area contributed by atoms with Crippen LogP contribution in [-0.2, 0) is 6.54 Å². The smallest absolute Gasteiger partial charge is 0.192 e. The lowest BCUT2D eigenvalue weighted by Crippen LogP contribution is -2.35. The Hall–Kier alpha value is -1.69. The molecule has 1 aromatic rings. The monoisotopic (exact) mass is 268 g/mol. The zero-order valence-electron chi connectivity index (χ0n) is 9.75. The highest BCUT2D eigenvalue weighted by atomic mass is 35.5. The van der Waals surface area contributed by atoms with Crippen molar-refractivity contribution in [3.63, 3.8) is 0 Å². The molecule has 6 nitrogen and oxygen atoms in total. The van der Waals surface area contributed by atoms with E-state index in [-0.39, 0.29) is 0 Å². The lowest BCUT2D eigenvalue weighted by Gasteiger charge is -2.28. The molecule has 2 heterocycles. The first kappa shape index (κ1) is 12.8. The Bertz CT molecular complexity index is 461. The number of hydrogen-bond donors (Lipinski definition) is 0. The minimum Gasteiger partial charge on any atom is -0.351 e. The number of hydrazone groups is 1. The molecule has 2 rings (SSSR count). The highest BCUT2D eigenvalue weighted by molar-refractivity contribution is 6.29. The summed E-state index contributed by atoms with van der Waals surface area (Å²) in [5, 5.41) is 13.7. The standard InChI is InChI=1S/C11H13ClN4O2/c12-10-5-4-9(7-13-10)8-15-6-2-1-3-11(15)14-16(17)18/h4-5,7H,1-3,6,8H2. The Morgan fingerprint density at radius 1 is 1.50 bits per heavy atom. The van der Waals surface area contributed by atoms with Crippen molar-refractivity contribution in [2.45, 2.75) is 25.8 Å². The van der Waals surface area contributed by atoms with Crippen molar-refractivity contribution >= 4 is 17.4 Å². The molecule has 0 unspecified atom stereocenters. The Kier molecular flexibility index (Phi) is 4.09. The molecule has 0 bridgehead atoms. The number of pyridine rings is 1. The number of amidine groups is 1. The fourth-order valence-corrected chi connectivity index (χ4v) is 2.08. The number of piperidine rings is 1. The summed E-state index contributed by atoms with van der Waals surface area (Å²) in [5.74, 6) is 0.543. The summed E-state index contributed by atoms with van der Waals surface area (Å²) in [6.07, 6.45) is 4.31. The van der Waals surface area contributed by atoms with Crippen LogP contribution < -0.4 is 0 Å². The van der Waals surface area contributed by atoms with Crippen molar-refractivity contribution in [1.29, 1.82) is 0 Å². The normalized spacial score (nSPS) is 18.1. The molecule has 1 saturated heterocycles. The molecule has 0 amide bonds. The van der Waals surface area contributed by atoms with E-state index in [2.05, 4.69) is 10.1 Å². The molecule has 0 saturated carbocycles. The highest BCUT2D eigenvalue weighted by Crippen LogP contribution is 2.16. The van der Waals surface area contributed by atoms with E-state index in [0.29, 0.717) is 24.0 Å². The third-order valence-electron chi connectivity index (χ3n) is 2.80. The first-order valence-electron chi connectivity index (χ1n) is 5.72. The molecule has 0 spiro atoms. The molecule has 0 aromatic carbocycles. The van der Waals surface area contributed by atoms with Gasteiger partial charge in [0.05, 0.1) is 5.10 Å². The van der Waals surface area contributed by atoms with Crippen LogP contribution in [0.3, 0.4) is 0 Å². The Balaban J connectivity index is 2.10. The van der Waals surface area contributed by atoms with Gasteiger partial charge in [-0.2, -0.15) is 0 Å². The van der Waals surface area contributed by atoms with E-state index in [1.54, 1.807) is 12.3 Å². The minimum absolute atomic E-state index is 0.441. The molecule has 18 heavy (non-hydrogen) atoms. The molecule has 1 aliphatic heterocycles. The van der Waals surface area contributed by atoms with Crippen molar-refractivity contribution in [3.8, 4) is 0 Å². The highest BCUT2D eigenvalue weighted by Gasteiger charge is 2.19. The van der Waals surface area contributed by atoms with Gasteiger partial charge in [-0.3, -0.25) is 0 Å². The predicted octanol–water partition coefficient (Wildman–Crippen LogP) is 2.31. The number of aromatic nitrogens is 1. The molecule has 0 N–H and O–H groups in total. The van der Waals surface area contributed by atoms with Crippen molar-refractivity contribution in [2.75, 3.05) is 6.54 Å². The lowest BCUT2D eigenvalue weighted by atomic mass is 10.1. The van der Waals surface area contributed by atoms with Gasteiger partial charge in [-0.05, 0) is 24.5 Å². The molecule has 1 fully saturated rings. The van der Waals surface area contributed by atoms with Gasteiger partial charge in [0.25, 0.3) is 0 Å². The maximum absolute atomic E-state index is 10.5. The topological polar surface area (TPSA) is 71.6 Å². The van der Waals surface area contributed by atoms with Gasteiger partial charge in [0.2, 0.25) is 0 Å². The average molecular weight is 269 g/mol. The zero-order chi connectivity index (χ0) is 13.0. The quantitative estimate of drug-likeness (QED) is 0.479. The fraction of sp³-hybridized carbons (Fsp3) is 0.455. The molecular weight excluding hydrogens is 256 g/mol. The van der Waals surface area contributed by atoms with Crippen LogP contribution in [0, 0.1) is 10.1 Å². The second-order valence-corrected chi connectivity index (χ2v) is 4.51. The van der Waals surface area contributed by atoms with Gasteiger partial charge in [0, 0.05) is 25.7 Å². The molecular formula is C11H13ClN4O2. The summed E-state index contributed by atoms with van der Waals surface area (Å²) in [6, 6.07) is 3.58. The molecule has 0 radical (unpaired) electrons. The third kappa shape index (κ3) is 3.40. The van der Waals surface area contributed by atoms with Gasteiger partial charge in [-0.25, -0.2) is 15.1 Å². The van der Waals surface area contributed by atoms with Crippen LogP contribution in [0.15, 0.2) is 23.4 Å². The number of hydrogen-bond acceptors (Lipinski definition) is 3. The van der Waals surface area contributed by atoms with Gasteiger partial charge >= 0.3 is 0 Å². The zero-order valence-corrected chi connectivity index (χ0v) is 10.5. The molecule has 7 heteroatoms. The molecule has 0 atom stereocenters. The van der Waals surface area contributed by atoms with Gasteiger partial charge < -0.3 is 4.90 Å². The number of halogens is 1. The Morgan fingerprint density at radius 3 is 3.00 bits per heavy atom. The lowest BCUT2D eigenvalue weighted by molar-refractivity contribution is -0.485. The van der Waals surface area contributed by atoms with Crippen molar-refractivity contribution < 1.29 is 5.03 Å². The van der Waals surface area contributed by atoms with E-state index in [1.807, 2.05) is 11.0 Å². The summed E-state index contributed by atoms with van der Waals surface area (Å²) in [5.41, 5.74) is 0.970. The number of rotatable bonds is 3. The summed E-state index contributed by atoms with van der Waals surface area (Å²) in [6.45, 7) is 1.37. The Morgan fingerprint density at radius 2 is 2.33 bits per heavy atom. The van der Waals surface area contributed by atoms with Crippen LogP contribution >= 0.6 is 11.6 Å². The second-order valence-electron chi connectivity index (χ2n) is 4.12. The van der Waals surface area contributed by atoms with Crippen molar-refractivity contribution in [2.24, 2.45) is 5.10 Å². The summed E-state index contributed by atoms with van der Waals surface area (Å²) in [7, 11) is 0. The van der Waals surface area contributed by atoms with E-state index in [1.165, 1.54) is 0 Å². The van der Waals surface area contributed by atoms with Gasteiger partial charge in [-0.15, -0.1) is 0 Å². The largest absolute Gasteiger partial charge is 0.351 e. The first-order valence-corrected chi connectivity index (χ1v) is 6.10. The summed E-state index contributed by atoms with van der Waals surface area (Å²) >= 11 is 5.71. The first-order chi connectivity index (χ1) is 8.65. The van der Waals surface area contributed by atoms with E-state index in [9.17, 15) is 10.1 Å². The van der Waals surface area contributed by atoms with Crippen LogP contribution in [-0.4, -0.2) is 27.3 Å². The van der Waals surface area contributed by atoms with Crippen molar-refractivity contribution in [1.82, 2.24) is 9.88 Å². The summed E-state index contributed by atoms with van der Waals surface area (Å²) in [4.78, 5) is 16.4. The maximum Gasteiger partial charge on any atom is 0.192 e. The minimum atomic E-state index is -0.631. The SMILES string of the molecule is O=[N+]([O-])N=C1CCCCN1Cc1ccc(Cl)nc1. The second kappa shape index (κ2) is 5.77. The summed E-state index contributed by atoms with van der Waals surface area (Å²) < 4.78 is 0. The van der Waals surface area contributed by atoms with Gasteiger partial charge in [0.15, 0.2) is 10.9 Å². The van der Waals surface area contributed by atoms with E-state index < -0.39 is 5.03 Å². The van der Waals surface area contributed by atoms with Crippen LogP contribution in [0.1, 0.15) is 24.8 Å². The van der Waals surface area contributed by atoms with E-state index in [4.69, 9.17) is 11.6 Å². The molecule has 96 valence electrons. The fourth-order valence-electron chi connectivity index (χ4n) is 1.97. The van der Waals surface area contributed by atoms with Crippen LogP contribution in [0.2, 0.25) is 5.15 Å². The van der Waals surface area contributed by atoms with Gasteiger partial charge in [0.1, 0.15) is 5.15 Å².